The van der Waals surface area contributed by atoms with E-state index >= 15 is 0 Å². The van der Waals surface area contributed by atoms with Gasteiger partial charge in [-0.1, -0.05) is 6.07 Å². The molecule has 1 saturated heterocycles. The van der Waals surface area contributed by atoms with Gasteiger partial charge in [0, 0.05) is 6.54 Å². The number of carbonyl (C=O) groups excluding carboxylic acids is 1. The number of amides is 1. The lowest BCUT2D eigenvalue weighted by Crippen LogP contribution is -2.27. The van der Waals surface area contributed by atoms with Gasteiger partial charge >= 0.3 is 0 Å². The fourth-order valence-electron chi connectivity index (χ4n) is 2.87. The lowest BCUT2D eigenvalue weighted by molar-refractivity contribution is -0.121. The zero-order chi connectivity index (χ0) is 15.9. The first-order valence-corrected chi connectivity index (χ1v) is 8.24. The number of hydrogen-bond donors (Lipinski definition) is 2. The van der Waals surface area contributed by atoms with Crippen LogP contribution in [0, 0.1) is 26.7 Å². The zero-order valence-electron chi connectivity index (χ0n) is 14.4. The Morgan fingerprint density at radius 2 is 2.13 bits per heavy atom. The van der Waals surface area contributed by atoms with Crippen LogP contribution < -0.4 is 15.4 Å². The predicted molar refractivity (Wildman–Crippen MR) is 96.6 cm³/mol. The van der Waals surface area contributed by atoms with Crippen LogP contribution in [-0.2, 0) is 4.79 Å². The Labute approximate surface area is 145 Å². The van der Waals surface area contributed by atoms with E-state index in [0.29, 0.717) is 13.0 Å². The van der Waals surface area contributed by atoms with E-state index in [4.69, 9.17) is 4.74 Å². The van der Waals surface area contributed by atoms with Crippen molar-refractivity contribution >= 4 is 18.3 Å². The van der Waals surface area contributed by atoms with Crippen LogP contribution in [-0.4, -0.2) is 32.1 Å². The van der Waals surface area contributed by atoms with Crippen LogP contribution in [0.4, 0.5) is 0 Å². The molecule has 0 aromatic heterocycles. The molecular weight excluding hydrogens is 312 g/mol. The van der Waals surface area contributed by atoms with Crippen molar-refractivity contribution in [1.82, 2.24) is 10.6 Å². The third-order valence-corrected chi connectivity index (χ3v) is 4.39. The Morgan fingerprint density at radius 3 is 2.83 bits per heavy atom. The minimum Gasteiger partial charge on any atom is -0.493 e. The summed E-state index contributed by atoms with van der Waals surface area (Å²) in [4.78, 5) is 11.8. The fraction of sp³-hybridized carbons (Fsp3) is 0.611. The van der Waals surface area contributed by atoms with Crippen LogP contribution in [0.15, 0.2) is 12.1 Å². The molecule has 0 spiro atoms. The smallest absolute Gasteiger partial charge is 0.223 e. The number of benzene rings is 1. The lowest BCUT2D eigenvalue weighted by Gasteiger charge is -2.13. The highest BCUT2D eigenvalue weighted by atomic mass is 35.5. The highest BCUT2D eigenvalue weighted by Crippen LogP contribution is 2.23. The molecule has 1 amide bonds. The quantitative estimate of drug-likeness (QED) is 0.802. The summed E-state index contributed by atoms with van der Waals surface area (Å²) < 4.78 is 5.78. The third kappa shape index (κ3) is 6.40. The second-order valence-corrected chi connectivity index (χ2v) is 6.30. The summed E-state index contributed by atoms with van der Waals surface area (Å²) in [7, 11) is 0. The lowest BCUT2D eigenvalue weighted by atomic mass is 10.1. The molecule has 0 bridgehead atoms. The molecule has 1 fully saturated rings. The normalized spacial score (nSPS) is 16.7. The van der Waals surface area contributed by atoms with E-state index in [1.807, 2.05) is 6.07 Å². The van der Waals surface area contributed by atoms with Gasteiger partial charge in [-0.25, -0.2) is 0 Å². The Balaban J connectivity index is 0.00000264. The van der Waals surface area contributed by atoms with Gasteiger partial charge in [0.15, 0.2) is 0 Å². The van der Waals surface area contributed by atoms with Crippen LogP contribution in [0.5, 0.6) is 5.75 Å². The van der Waals surface area contributed by atoms with Crippen LogP contribution in [0.3, 0.4) is 0 Å². The topological polar surface area (TPSA) is 50.4 Å². The van der Waals surface area contributed by atoms with Crippen LogP contribution in [0.2, 0.25) is 0 Å². The van der Waals surface area contributed by atoms with E-state index in [2.05, 4.69) is 37.5 Å². The van der Waals surface area contributed by atoms with Gasteiger partial charge in [0.25, 0.3) is 0 Å². The molecule has 0 radical (unpaired) electrons. The van der Waals surface area contributed by atoms with Crippen molar-refractivity contribution in [3.63, 3.8) is 0 Å². The van der Waals surface area contributed by atoms with Crippen molar-refractivity contribution < 1.29 is 9.53 Å². The van der Waals surface area contributed by atoms with Crippen molar-refractivity contribution in [1.29, 1.82) is 0 Å². The van der Waals surface area contributed by atoms with Crippen molar-refractivity contribution in [3.8, 4) is 5.75 Å². The summed E-state index contributed by atoms with van der Waals surface area (Å²) in [5, 5.41) is 6.33. The summed E-state index contributed by atoms with van der Waals surface area (Å²) in [6.07, 6.45) is 2.70. The van der Waals surface area contributed by atoms with Crippen molar-refractivity contribution in [2.75, 3.05) is 26.2 Å². The molecule has 1 unspecified atom stereocenters. The summed E-state index contributed by atoms with van der Waals surface area (Å²) in [6.45, 7) is 9.60. The number of nitrogens with one attached hydrogen (secondary N) is 2. The molecule has 0 saturated carbocycles. The molecule has 2 N–H and O–H groups in total. The Kier molecular flexibility index (Phi) is 8.42. The highest BCUT2D eigenvalue weighted by Gasteiger charge is 2.14. The Hall–Kier alpha value is -1.26. The number of carbonyl (C=O) groups is 1. The number of ether oxygens (including phenoxy) is 1. The molecule has 1 aromatic rings. The summed E-state index contributed by atoms with van der Waals surface area (Å²) in [5.74, 6) is 1.68. The van der Waals surface area contributed by atoms with Crippen molar-refractivity contribution in [3.05, 3.63) is 28.8 Å². The van der Waals surface area contributed by atoms with Crippen molar-refractivity contribution in [2.45, 2.75) is 40.0 Å². The van der Waals surface area contributed by atoms with E-state index in [1.54, 1.807) is 0 Å². The molecular formula is C18H29ClN2O2. The zero-order valence-corrected chi connectivity index (χ0v) is 15.2. The molecule has 1 atom stereocenters. The summed E-state index contributed by atoms with van der Waals surface area (Å²) in [5.41, 5.74) is 3.57. The van der Waals surface area contributed by atoms with E-state index in [-0.39, 0.29) is 18.3 Å². The average Bonchev–Trinajstić information content (AvgIpc) is 2.97. The predicted octanol–water partition coefficient (Wildman–Crippen LogP) is 2.92. The number of rotatable bonds is 7. The Morgan fingerprint density at radius 1 is 1.35 bits per heavy atom. The number of aryl methyl sites for hydroxylation is 2. The summed E-state index contributed by atoms with van der Waals surface area (Å²) >= 11 is 0. The van der Waals surface area contributed by atoms with Gasteiger partial charge in [-0.05, 0) is 75.4 Å². The molecule has 23 heavy (non-hydrogen) atoms. The second kappa shape index (κ2) is 9.78. The highest BCUT2D eigenvalue weighted by molar-refractivity contribution is 5.85. The molecule has 5 heteroatoms. The Bertz CT molecular complexity index is 514. The molecule has 1 aliphatic rings. The first kappa shape index (κ1) is 19.8. The molecule has 4 nitrogen and oxygen atoms in total. The third-order valence-electron chi connectivity index (χ3n) is 4.39. The largest absolute Gasteiger partial charge is 0.493 e. The average molecular weight is 341 g/mol. The molecule has 1 heterocycles. The molecule has 1 aliphatic heterocycles. The minimum absolute atomic E-state index is 0. The van der Waals surface area contributed by atoms with E-state index < -0.39 is 0 Å². The number of halogens is 1. The van der Waals surface area contributed by atoms with Gasteiger partial charge in [0.05, 0.1) is 13.0 Å². The van der Waals surface area contributed by atoms with Gasteiger partial charge in [-0.2, -0.15) is 0 Å². The van der Waals surface area contributed by atoms with E-state index in [9.17, 15) is 4.79 Å². The molecule has 130 valence electrons. The van der Waals surface area contributed by atoms with Crippen LogP contribution >= 0.6 is 12.4 Å². The molecule has 0 aliphatic carbocycles. The van der Waals surface area contributed by atoms with Gasteiger partial charge in [0.2, 0.25) is 5.91 Å². The van der Waals surface area contributed by atoms with Crippen molar-refractivity contribution in [2.24, 2.45) is 5.92 Å². The SMILES string of the molecule is Cc1cc(C)c(C)c(OCCC(=O)NCCC2CCNC2)c1.Cl. The maximum atomic E-state index is 11.8. The van der Waals surface area contributed by atoms with Gasteiger partial charge < -0.3 is 15.4 Å². The minimum atomic E-state index is 0. The summed E-state index contributed by atoms with van der Waals surface area (Å²) in [6, 6.07) is 4.18. The fourth-order valence-corrected chi connectivity index (χ4v) is 2.87. The van der Waals surface area contributed by atoms with Gasteiger partial charge in [-0.15, -0.1) is 12.4 Å². The molecule has 2 rings (SSSR count). The first-order chi connectivity index (χ1) is 10.6. The van der Waals surface area contributed by atoms with E-state index in [1.165, 1.54) is 17.5 Å². The maximum Gasteiger partial charge on any atom is 0.223 e. The molecule has 1 aromatic carbocycles. The monoisotopic (exact) mass is 340 g/mol. The van der Waals surface area contributed by atoms with Gasteiger partial charge in [-0.3, -0.25) is 4.79 Å². The number of hydrogen-bond acceptors (Lipinski definition) is 3. The van der Waals surface area contributed by atoms with Crippen LogP contribution in [0.25, 0.3) is 0 Å². The van der Waals surface area contributed by atoms with E-state index in [0.717, 1.165) is 43.3 Å². The van der Waals surface area contributed by atoms with Crippen LogP contribution in [0.1, 0.15) is 36.0 Å². The first-order valence-electron chi connectivity index (χ1n) is 8.24. The standard InChI is InChI=1S/C18H28N2O2.ClH/c1-13-10-14(2)15(3)17(11-13)22-9-6-18(21)20-8-5-16-4-7-19-12-16;/h10-11,16,19H,4-9,12H2,1-3H3,(H,20,21);1H. The maximum absolute atomic E-state index is 11.8. The second-order valence-electron chi connectivity index (χ2n) is 6.30. The van der Waals surface area contributed by atoms with Gasteiger partial charge in [0.1, 0.15) is 5.75 Å².